The first kappa shape index (κ1) is 19.1. The van der Waals surface area contributed by atoms with Gasteiger partial charge in [-0.3, -0.25) is 4.79 Å². The van der Waals surface area contributed by atoms with Gasteiger partial charge < -0.3 is 14.8 Å². The van der Waals surface area contributed by atoms with E-state index in [9.17, 15) is 9.59 Å². The Labute approximate surface area is 155 Å². The van der Waals surface area contributed by atoms with Crippen molar-refractivity contribution in [3.63, 3.8) is 0 Å². The van der Waals surface area contributed by atoms with E-state index in [4.69, 9.17) is 32.7 Å². The molecule has 2 aromatic rings. The number of esters is 1. The maximum atomic E-state index is 12.1. The molecule has 0 heterocycles. The third kappa shape index (κ3) is 5.96. The van der Waals surface area contributed by atoms with Crippen LogP contribution in [0.1, 0.15) is 12.5 Å². The predicted molar refractivity (Wildman–Crippen MR) is 97.3 cm³/mol. The summed E-state index contributed by atoms with van der Waals surface area (Å²) in [4.78, 5) is 23.9. The number of nitrogens with one attached hydrogen (secondary N) is 1. The van der Waals surface area contributed by atoms with Crippen LogP contribution in [-0.4, -0.2) is 24.6 Å². The molecule has 0 bridgehead atoms. The average molecular weight is 382 g/mol. The number of rotatable bonds is 6. The number of amides is 1. The summed E-state index contributed by atoms with van der Waals surface area (Å²) in [5.74, 6) is -0.626. The van der Waals surface area contributed by atoms with Crippen molar-refractivity contribution in [3.05, 3.63) is 58.1 Å². The molecule has 0 spiro atoms. The van der Waals surface area contributed by atoms with Gasteiger partial charge in [0.15, 0.2) is 12.7 Å². The van der Waals surface area contributed by atoms with Crippen molar-refractivity contribution in [3.8, 4) is 5.75 Å². The van der Waals surface area contributed by atoms with E-state index >= 15 is 0 Å². The molecule has 0 aromatic heterocycles. The highest BCUT2D eigenvalue weighted by Crippen LogP contribution is 2.20. The Balaban J connectivity index is 1.84. The number of hydrogen-bond donors (Lipinski definition) is 1. The molecular weight excluding hydrogens is 365 g/mol. The predicted octanol–water partition coefficient (Wildman–Crippen LogP) is 4.25. The van der Waals surface area contributed by atoms with Crippen molar-refractivity contribution < 1.29 is 19.1 Å². The number of hydrogen-bond acceptors (Lipinski definition) is 4. The summed E-state index contributed by atoms with van der Waals surface area (Å²) in [7, 11) is 0. The Hall–Kier alpha value is -2.24. The first-order valence-corrected chi connectivity index (χ1v) is 8.25. The van der Waals surface area contributed by atoms with Crippen molar-refractivity contribution in [2.75, 3.05) is 11.9 Å². The largest absolute Gasteiger partial charge is 0.482 e. The Morgan fingerprint density at radius 3 is 2.40 bits per heavy atom. The highest BCUT2D eigenvalue weighted by molar-refractivity contribution is 6.31. The zero-order valence-electron chi connectivity index (χ0n) is 13.7. The molecular formula is C18H17Cl2NO4. The van der Waals surface area contributed by atoms with E-state index in [1.807, 2.05) is 6.92 Å². The number of ether oxygens (including phenoxy) is 2. The molecule has 5 nitrogen and oxygen atoms in total. The van der Waals surface area contributed by atoms with Gasteiger partial charge in [-0.05, 0) is 55.8 Å². The minimum absolute atomic E-state index is 0.310. The van der Waals surface area contributed by atoms with Gasteiger partial charge in [0.25, 0.3) is 5.91 Å². The van der Waals surface area contributed by atoms with Crippen LogP contribution in [0.2, 0.25) is 10.0 Å². The fraction of sp³-hybridized carbons (Fsp3) is 0.222. The fourth-order valence-electron chi connectivity index (χ4n) is 1.92. The standard InChI is InChI=1S/C18H17Cl2NO4/c1-11-3-4-14(20)9-16(11)21-18(23)12(2)25-17(22)10-24-15-7-5-13(19)6-8-15/h3-9,12H,10H2,1-2H3,(H,21,23)/t12-/m1/s1. The first-order chi connectivity index (χ1) is 11.8. The summed E-state index contributed by atoms with van der Waals surface area (Å²) in [6.45, 7) is 3.01. The van der Waals surface area contributed by atoms with Crippen molar-refractivity contribution in [2.45, 2.75) is 20.0 Å². The molecule has 0 saturated carbocycles. The van der Waals surface area contributed by atoms with Crippen LogP contribution in [0.15, 0.2) is 42.5 Å². The zero-order chi connectivity index (χ0) is 18.4. The topological polar surface area (TPSA) is 64.6 Å². The summed E-state index contributed by atoms with van der Waals surface area (Å²) in [6, 6.07) is 11.7. The lowest BCUT2D eigenvalue weighted by Crippen LogP contribution is -2.31. The monoisotopic (exact) mass is 381 g/mol. The summed E-state index contributed by atoms with van der Waals surface area (Å²) < 4.78 is 10.3. The molecule has 25 heavy (non-hydrogen) atoms. The molecule has 0 aliphatic rings. The van der Waals surface area contributed by atoms with Gasteiger partial charge in [0.1, 0.15) is 5.75 Å². The maximum Gasteiger partial charge on any atom is 0.344 e. The fourth-order valence-corrected chi connectivity index (χ4v) is 2.22. The van der Waals surface area contributed by atoms with E-state index in [0.29, 0.717) is 21.5 Å². The summed E-state index contributed by atoms with van der Waals surface area (Å²) >= 11 is 11.7. The van der Waals surface area contributed by atoms with Crippen molar-refractivity contribution in [1.82, 2.24) is 0 Å². The molecule has 1 amide bonds. The van der Waals surface area contributed by atoms with E-state index in [1.54, 1.807) is 42.5 Å². The molecule has 0 fully saturated rings. The van der Waals surface area contributed by atoms with Gasteiger partial charge in [0, 0.05) is 15.7 Å². The van der Waals surface area contributed by atoms with Gasteiger partial charge in [-0.25, -0.2) is 4.79 Å². The van der Waals surface area contributed by atoms with E-state index in [2.05, 4.69) is 5.32 Å². The molecule has 7 heteroatoms. The number of aryl methyl sites for hydroxylation is 1. The van der Waals surface area contributed by atoms with Crippen LogP contribution in [-0.2, 0) is 14.3 Å². The normalized spacial score (nSPS) is 11.5. The van der Waals surface area contributed by atoms with Crippen LogP contribution >= 0.6 is 23.2 Å². The third-order valence-electron chi connectivity index (χ3n) is 3.31. The van der Waals surface area contributed by atoms with Gasteiger partial charge in [0.2, 0.25) is 0 Å². The second-order valence-corrected chi connectivity index (χ2v) is 6.20. The molecule has 0 saturated heterocycles. The lowest BCUT2D eigenvalue weighted by molar-refractivity contribution is -0.155. The smallest absolute Gasteiger partial charge is 0.344 e. The molecule has 0 unspecified atom stereocenters. The van der Waals surface area contributed by atoms with Crippen molar-refractivity contribution in [1.29, 1.82) is 0 Å². The molecule has 0 aliphatic heterocycles. The van der Waals surface area contributed by atoms with Gasteiger partial charge in [0.05, 0.1) is 0 Å². The molecule has 2 rings (SSSR count). The van der Waals surface area contributed by atoms with Gasteiger partial charge in [-0.1, -0.05) is 29.3 Å². The quantitative estimate of drug-likeness (QED) is 0.759. The SMILES string of the molecule is Cc1ccc(Cl)cc1NC(=O)[C@@H](C)OC(=O)COc1ccc(Cl)cc1. The molecule has 1 N–H and O–H groups in total. The summed E-state index contributed by atoms with van der Waals surface area (Å²) in [6.07, 6.45) is -0.973. The molecule has 132 valence electrons. The second kappa shape index (κ2) is 8.74. The van der Waals surface area contributed by atoms with Gasteiger partial charge in [-0.2, -0.15) is 0 Å². The summed E-state index contributed by atoms with van der Waals surface area (Å²) in [5.41, 5.74) is 1.42. The minimum Gasteiger partial charge on any atom is -0.482 e. The number of benzene rings is 2. The Morgan fingerprint density at radius 1 is 1.08 bits per heavy atom. The van der Waals surface area contributed by atoms with E-state index in [1.165, 1.54) is 6.92 Å². The van der Waals surface area contributed by atoms with Crippen LogP contribution in [0.5, 0.6) is 5.75 Å². The molecule has 1 atom stereocenters. The van der Waals surface area contributed by atoms with Crippen LogP contribution in [0, 0.1) is 6.92 Å². The van der Waals surface area contributed by atoms with E-state index < -0.39 is 18.0 Å². The first-order valence-electron chi connectivity index (χ1n) is 7.50. The lowest BCUT2D eigenvalue weighted by Gasteiger charge is -2.15. The van der Waals surface area contributed by atoms with Crippen LogP contribution in [0.3, 0.4) is 0 Å². The number of anilines is 1. The molecule has 0 aliphatic carbocycles. The van der Waals surface area contributed by atoms with Gasteiger partial charge >= 0.3 is 5.97 Å². The van der Waals surface area contributed by atoms with Crippen LogP contribution in [0.25, 0.3) is 0 Å². The molecule has 2 aromatic carbocycles. The van der Waals surface area contributed by atoms with Crippen LogP contribution < -0.4 is 10.1 Å². The van der Waals surface area contributed by atoms with E-state index in [-0.39, 0.29) is 6.61 Å². The number of carbonyl (C=O) groups excluding carboxylic acids is 2. The summed E-state index contributed by atoms with van der Waals surface area (Å²) in [5, 5.41) is 3.75. The second-order valence-electron chi connectivity index (χ2n) is 5.32. The highest BCUT2D eigenvalue weighted by atomic mass is 35.5. The molecule has 0 radical (unpaired) electrons. The number of carbonyl (C=O) groups is 2. The van der Waals surface area contributed by atoms with E-state index in [0.717, 1.165) is 5.56 Å². The zero-order valence-corrected chi connectivity index (χ0v) is 15.2. The number of halogens is 2. The maximum absolute atomic E-state index is 12.1. The Morgan fingerprint density at radius 2 is 1.72 bits per heavy atom. The van der Waals surface area contributed by atoms with Crippen molar-refractivity contribution >= 4 is 40.8 Å². The van der Waals surface area contributed by atoms with Crippen LogP contribution in [0.4, 0.5) is 5.69 Å². The van der Waals surface area contributed by atoms with Gasteiger partial charge in [-0.15, -0.1) is 0 Å². The third-order valence-corrected chi connectivity index (χ3v) is 3.79. The average Bonchev–Trinajstić information content (AvgIpc) is 2.57. The Bertz CT molecular complexity index is 762. The Kier molecular flexibility index (Phi) is 6.67. The highest BCUT2D eigenvalue weighted by Gasteiger charge is 2.19. The minimum atomic E-state index is -0.973. The lowest BCUT2D eigenvalue weighted by atomic mass is 10.2. The van der Waals surface area contributed by atoms with Crippen molar-refractivity contribution in [2.24, 2.45) is 0 Å².